The van der Waals surface area contributed by atoms with Crippen molar-refractivity contribution >= 4 is 23.4 Å². The zero-order valence-corrected chi connectivity index (χ0v) is 14.3. The zero-order valence-electron chi connectivity index (χ0n) is 13.5. The van der Waals surface area contributed by atoms with Crippen molar-refractivity contribution in [3.63, 3.8) is 0 Å². The van der Waals surface area contributed by atoms with Gasteiger partial charge in [0.15, 0.2) is 0 Å². The van der Waals surface area contributed by atoms with Gasteiger partial charge in [-0.3, -0.25) is 9.59 Å². The summed E-state index contributed by atoms with van der Waals surface area (Å²) in [6.07, 6.45) is 0.506. The van der Waals surface area contributed by atoms with Gasteiger partial charge < -0.3 is 10.2 Å². The van der Waals surface area contributed by atoms with Gasteiger partial charge in [-0.2, -0.15) is 0 Å². The predicted molar refractivity (Wildman–Crippen MR) is 93.5 cm³/mol. The van der Waals surface area contributed by atoms with Crippen LogP contribution in [-0.4, -0.2) is 29.3 Å². The molecule has 1 aliphatic rings. The SMILES string of the molecule is O=C(Cc1cccc(Cl)c1)N[C@H]1CC(=O)N(Cc2ccc(F)cc2)C1. The topological polar surface area (TPSA) is 49.4 Å². The fourth-order valence-corrected chi connectivity index (χ4v) is 3.16. The third-order valence-corrected chi connectivity index (χ3v) is 4.36. The molecular weight excluding hydrogens is 343 g/mol. The summed E-state index contributed by atoms with van der Waals surface area (Å²) >= 11 is 5.92. The van der Waals surface area contributed by atoms with Crippen molar-refractivity contribution in [2.75, 3.05) is 6.54 Å². The Morgan fingerprint density at radius 1 is 1.20 bits per heavy atom. The summed E-state index contributed by atoms with van der Waals surface area (Å²) in [5.41, 5.74) is 1.69. The number of benzene rings is 2. The summed E-state index contributed by atoms with van der Waals surface area (Å²) in [7, 11) is 0. The summed E-state index contributed by atoms with van der Waals surface area (Å²) in [4.78, 5) is 26.0. The minimum Gasteiger partial charge on any atom is -0.351 e. The Balaban J connectivity index is 1.53. The summed E-state index contributed by atoms with van der Waals surface area (Å²) in [5.74, 6) is -0.455. The Bertz CT molecular complexity index is 779. The van der Waals surface area contributed by atoms with Crippen molar-refractivity contribution in [1.82, 2.24) is 10.2 Å². The lowest BCUT2D eigenvalue weighted by Gasteiger charge is -2.17. The molecule has 0 aromatic heterocycles. The van der Waals surface area contributed by atoms with Crippen LogP contribution >= 0.6 is 11.6 Å². The van der Waals surface area contributed by atoms with Crippen LogP contribution in [-0.2, 0) is 22.6 Å². The first-order chi connectivity index (χ1) is 12.0. The number of nitrogens with one attached hydrogen (secondary N) is 1. The Kier molecular flexibility index (Phi) is 5.34. The van der Waals surface area contributed by atoms with Gasteiger partial charge in [0.25, 0.3) is 0 Å². The highest BCUT2D eigenvalue weighted by Gasteiger charge is 2.30. The Morgan fingerprint density at radius 2 is 1.96 bits per heavy atom. The van der Waals surface area contributed by atoms with Crippen molar-refractivity contribution in [2.45, 2.75) is 25.4 Å². The normalized spacial score (nSPS) is 17.0. The number of nitrogens with zero attached hydrogens (tertiary/aromatic N) is 1. The molecule has 4 nitrogen and oxygen atoms in total. The van der Waals surface area contributed by atoms with E-state index in [2.05, 4.69) is 5.32 Å². The van der Waals surface area contributed by atoms with Crippen molar-refractivity contribution in [1.29, 1.82) is 0 Å². The predicted octanol–water partition coefficient (Wildman–Crippen LogP) is 2.94. The maximum Gasteiger partial charge on any atom is 0.225 e. The van der Waals surface area contributed by atoms with Crippen LogP contribution in [0.15, 0.2) is 48.5 Å². The standard InChI is InChI=1S/C19H18ClFN2O2/c20-15-3-1-2-14(8-15)9-18(24)22-17-10-19(25)23(12-17)11-13-4-6-16(21)7-5-13/h1-8,17H,9-12H2,(H,22,24)/t17-/m0/s1. The molecule has 2 amide bonds. The molecule has 3 rings (SSSR count). The van der Waals surface area contributed by atoms with E-state index in [9.17, 15) is 14.0 Å². The van der Waals surface area contributed by atoms with E-state index in [1.807, 2.05) is 6.07 Å². The smallest absolute Gasteiger partial charge is 0.225 e. The molecule has 1 fully saturated rings. The largest absolute Gasteiger partial charge is 0.351 e. The highest BCUT2D eigenvalue weighted by molar-refractivity contribution is 6.30. The van der Waals surface area contributed by atoms with Crippen LogP contribution in [0.5, 0.6) is 0 Å². The molecule has 2 aromatic rings. The van der Waals surface area contributed by atoms with Crippen LogP contribution in [0.3, 0.4) is 0 Å². The lowest BCUT2D eigenvalue weighted by atomic mass is 10.1. The number of likely N-dealkylation sites (tertiary alicyclic amines) is 1. The van der Waals surface area contributed by atoms with Crippen molar-refractivity contribution in [3.8, 4) is 0 Å². The van der Waals surface area contributed by atoms with Crippen LogP contribution in [0.4, 0.5) is 4.39 Å². The molecule has 6 heteroatoms. The summed E-state index contributed by atoms with van der Waals surface area (Å²) in [6, 6.07) is 13.0. The van der Waals surface area contributed by atoms with Gasteiger partial charge in [0, 0.05) is 24.5 Å². The molecule has 0 saturated carbocycles. The second-order valence-corrected chi connectivity index (χ2v) is 6.61. The number of carbonyl (C=O) groups is 2. The van der Waals surface area contributed by atoms with E-state index in [1.165, 1.54) is 12.1 Å². The van der Waals surface area contributed by atoms with Crippen LogP contribution < -0.4 is 5.32 Å². The van der Waals surface area contributed by atoms with Gasteiger partial charge >= 0.3 is 0 Å². The highest BCUT2D eigenvalue weighted by atomic mass is 35.5. The molecule has 25 heavy (non-hydrogen) atoms. The van der Waals surface area contributed by atoms with E-state index in [-0.39, 0.29) is 36.5 Å². The Hall–Kier alpha value is -2.40. The summed E-state index contributed by atoms with van der Waals surface area (Å²) < 4.78 is 12.9. The molecule has 0 unspecified atom stereocenters. The molecular formula is C19H18ClFN2O2. The minimum atomic E-state index is -0.303. The first-order valence-electron chi connectivity index (χ1n) is 8.05. The molecule has 1 atom stereocenters. The summed E-state index contributed by atoms with van der Waals surface area (Å²) in [5, 5.41) is 3.49. The average Bonchev–Trinajstić information content (AvgIpc) is 2.88. The van der Waals surface area contributed by atoms with E-state index >= 15 is 0 Å². The van der Waals surface area contributed by atoms with E-state index < -0.39 is 0 Å². The highest BCUT2D eigenvalue weighted by Crippen LogP contribution is 2.16. The second kappa shape index (κ2) is 7.66. The van der Waals surface area contributed by atoms with Crippen LogP contribution in [0.1, 0.15) is 17.5 Å². The van der Waals surface area contributed by atoms with Crippen molar-refractivity contribution < 1.29 is 14.0 Å². The van der Waals surface area contributed by atoms with Crippen molar-refractivity contribution in [2.24, 2.45) is 0 Å². The summed E-state index contributed by atoms with van der Waals surface area (Å²) in [6.45, 7) is 0.872. The number of amides is 2. The Morgan fingerprint density at radius 3 is 2.68 bits per heavy atom. The quantitative estimate of drug-likeness (QED) is 0.891. The average molecular weight is 361 g/mol. The van der Waals surface area contributed by atoms with Gasteiger partial charge in [0.2, 0.25) is 11.8 Å². The number of halogens is 2. The van der Waals surface area contributed by atoms with Crippen LogP contribution in [0.25, 0.3) is 0 Å². The van der Waals surface area contributed by atoms with Gasteiger partial charge in [-0.15, -0.1) is 0 Å². The molecule has 130 valence electrons. The van der Waals surface area contributed by atoms with E-state index in [0.717, 1.165) is 11.1 Å². The van der Waals surface area contributed by atoms with E-state index in [4.69, 9.17) is 11.6 Å². The maximum absolute atomic E-state index is 12.9. The van der Waals surface area contributed by atoms with Gasteiger partial charge in [-0.05, 0) is 35.4 Å². The van der Waals surface area contributed by atoms with Gasteiger partial charge in [0.1, 0.15) is 5.82 Å². The third kappa shape index (κ3) is 4.79. The van der Waals surface area contributed by atoms with Gasteiger partial charge in [-0.1, -0.05) is 35.9 Å². The molecule has 0 spiro atoms. The monoisotopic (exact) mass is 360 g/mol. The molecule has 1 N–H and O–H groups in total. The van der Waals surface area contributed by atoms with Gasteiger partial charge in [-0.25, -0.2) is 4.39 Å². The number of hydrogen-bond acceptors (Lipinski definition) is 2. The minimum absolute atomic E-state index is 0.0163. The molecule has 0 radical (unpaired) electrons. The van der Waals surface area contributed by atoms with Crippen molar-refractivity contribution in [3.05, 3.63) is 70.5 Å². The van der Waals surface area contributed by atoms with Gasteiger partial charge in [0.05, 0.1) is 12.5 Å². The molecule has 2 aromatic carbocycles. The molecule has 1 heterocycles. The van der Waals surface area contributed by atoms with Crippen LogP contribution in [0.2, 0.25) is 5.02 Å². The zero-order chi connectivity index (χ0) is 17.8. The lowest BCUT2D eigenvalue weighted by molar-refractivity contribution is -0.128. The maximum atomic E-state index is 12.9. The van der Waals surface area contributed by atoms with E-state index in [1.54, 1.807) is 35.2 Å². The Labute approximate surface area is 150 Å². The molecule has 0 aliphatic carbocycles. The fraction of sp³-hybridized carbons (Fsp3) is 0.263. The molecule has 1 saturated heterocycles. The second-order valence-electron chi connectivity index (χ2n) is 6.18. The third-order valence-electron chi connectivity index (χ3n) is 4.12. The number of hydrogen-bond donors (Lipinski definition) is 1. The first-order valence-corrected chi connectivity index (χ1v) is 8.43. The number of rotatable bonds is 5. The lowest BCUT2D eigenvalue weighted by Crippen LogP contribution is -2.37. The molecule has 0 bridgehead atoms. The first kappa shape index (κ1) is 17.4. The number of carbonyl (C=O) groups excluding carboxylic acids is 2. The van der Waals surface area contributed by atoms with Crippen LogP contribution in [0, 0.1) is 5.82 Å². The molecule has 1 aliphatic heterocycles. The fourth-order valence-electron chi connectivity index (χ4n) is 2.94. The van der Waals surface area contributed by atoms with E-state index in [0.29, 0.717) is 18.1 Å².